The second-order valence-electron chi connectivity index (χ2n) is 4.67. The average Bonchev–Trinajstić information content (AvgIpc) is 3.04. The van der Waals surface area contributed by atoms with Crippen LogP contribution in [0.25, 0.3) is 0 Å². The third-order valence-electron chi connectivity index (χ3n) is 3.23. The molecule has 1 saturated carbocycles. The van der Waals surface area contributed by atoms with E-state index in [0.29, 0.717) is 6.42 Å². The van der Waals surface area contributed by atoms with E-state index in [0.717, 1.165) is 24.0 Å². The lowest BCUT2D eigenvalue weighted by atomic mass is 9.98. The van der Waals surface area contributed by atoms with Crippen LogP contribution in [0.4, 0.5) is 4.39 Å². The molecule has 2 N–H and O–H groups in total. The molecule has 1 aliphatic rings. The van der Waals surface area contributed by atoms with Crippen molar-refractivity contribution in [2.45, 2.75) is 38.4 Å². The van der Waals surface area contributed by atoms with Crippen molar-refractivity contribution in [3.8, 4) is 0 Å². The molecule has 2 atom stereocenters. The topological polar surface area (TPSA) is 40.5 Å². The molecule has 0 bridgehead atoms. The molecule has 1 aromatic carbocycles. The first-order chi connectivity index (χ1) is 7.58. The van der Waals surface area contributed by atoms with Crippen LogP contribution in [-0.4, -0.2) is 22.4 Å². The first kappa shape index (κ1) is 11.6. The van der Waals surface area contributed by atoms with E-state index in [1.54, 1.807) is 6.07 Å². The number of hydrogen-bond donors (Lipinski definition) is 2. The molecular formula is C13H17FO2. The first-order valence-electron chi connectivity index (χ1n) is 5.69. The first-order valence-corrected chi connectivity index (χ1v) is 5.69. The zero-order chi connectivity index (χ0) is 11.7. The lowest BCUT2D eigenvalue weighted by Gasteiger charge is -2.18. The smallest absolute Gasteiger partial charge is 0.123 e. The molecule has 0 radical (unpaired) electrons. The minimum absolute atomic E-state index is 0.260. The van der Waals surface area contributed by atoms with Gasteiger partial charge in [-0.15, -0.1) is 0 Å². The van der Waals surface area contributed by atoms with E-state index in [-0.39, 0.29) is 11.7 Å². The van der Waals surface area contributed by atoms with E-state index in [4.69, 9.17) is 0 Å². The van der Waals surface area contributed by atoms with Gasteiger partial charge in [0.2, 0.25) is 0 Å². The van der Waals surface area contributed by atoms with Crippen LogP contribution in [0.15, 0.2) is 18.2 Å². The summed E-state index contributed by atoms with van der Waals surface area (Å²) in [5, 5.41) is 19.6. The van der Waals surface area contributed by atoms with E-state index in [1.807, 2.05) is 6.92 Å². The zero-order valence-electron chi connectivity index (χ0n) is 9.36. The number of aliphatic hydroxyl groups excluding tert-OH is 2. The minimum Gasteiger partial charge on any atom is -0.390 e. The molecule has 16 heavy (non-hydrogen) atoms. The van der Waals surface area contributed by atoms with Crippen molar-refractivity contribution in [3.63, 3.8) is 0 Å². The quantitative estimate of drug-likeness (QED) is 0.818. The summed E-state index contributed by atoms with van der Waals surface area (Å²) in [6.07, 6.45) is 1.02. The third kappa shape index (κ3) is 2.60. The molecule has 3 heteroatoms. The van der Waals surface area contributed by atoms with E-state index in [9.17, 15) is 14.6 Å². The summed E-state index contributed by atoms with van der Waals surface area (Å²) in [6.45, 7) is 1.81. The molecule has 88 valence electrons. The molecule has 2 nitrogen and oxygen atoms in total. The van der Waals surface area contributed by atoms with Gasteiger partial charge in [-0.3, -0.25) is 0 Å². The van der Waals surface area contributed by atoms with Gasteiger partial charge in [0.1, 0.15) is 5.82 Å². The van der Waals surface area contributed by atoms with Gasteiger partial charge in [0.15, 0.2) is 0 Å². The summed E-state index contributed by atoms with van der Waals surface area (Å²) >= 11 is 0. The minimum atomic E-state index is -0.739. The normalized spacial score (nSPS) is 19.5. The average molecular weight is 224 g/mol. The predicted octanol–water partition coefficient (Wildman–Crippen LogP) is 1.81. The predicted molar refractivity (Wildman–Crippen MR) is 59.6 cm³/mol. The maximum Gasteiger partial charge on any atom is 0.123 e. The second-order valence-corrected chi connectivity index (χ2v) is 4.67. The van der Waals surface area contributed by atoms with Gasteiger partial charge in [-0.25, -0.2) is 4.39 Å². The molecule has 2 rings (SSSR count). The van der Waals surface area contributed by atoms with Crippen molar-refractivity contribution in [2.75, 3.05) is 0 Å². The molecule has 0 aromatic heterocycles. The van der Waals surface area contributed by atoms with Gasteiger partial charge < -0.3 is 10.2 Å². The Kier molecular flexibility index (Phi) is 3.26. The van der Waals surface area contributed by atoms with Gasteiger partial charge in [-0.1, -0.05) is 6.07 Å². The molecule has 0 amide bonds. The molecule has 0 aliphatic heterocycles. The Bertz CT molecular complexity index is 374. The summed E-state index contributed by atoms with van der Waals surface area (Å²) < 4.78 is 12.9. The van der Waals surface area contributed by atoms with Gasteiger partial charge in [0.25, 0.3) is 0 Å². The van der Waals surface area contributed by atoms with Crippen LogP contribution < -0.4 is 0 Å². The maximum absolute atomic E-state index is 12.9. The Morgan fingerprint density at radius 2 is 2.06 bits per heavy atom. The summed E-state index contributed by atoms with van der Waals surface area (Å²) in [5.41, 5.74) is 1.72. The zero-order valence-corrected chi connectivity index (χ0v) is 9.36. The number of aliphatic hydroxyl groups is 2. The van der Waals surface area contributed by atoms with E-state index in [1.165, 1.54) is 12.1 Å². The SMILES string of the molecule is Cc1cc(F)ccc1CC(O)C(O)C1CC1. The molecule has 1 aliphatic carbocycles. The number of hydrogen-bond acceptors (Lipinski definition) is 2. The van der Waals surface area contributed by atoms with Gasteiger partial charge in [0.05, 0.1) is 12.2 Å². The highest BCUT2D eigenvalue weighted by Crippen LogP contribution is 2.34. The lowest BCUT2D eigenvalue weighted by molar-refractivity contribution is 0.00665. The van der Waals surface area contributed by atoms with Crippen molar-refractivity contribution in [1.82, 2.24) is 0 Å². The fourth-order valence-corrected chi connectivity index (χ4v) is 1.99. The summed E-state index contributed by atoms with van der Waals surface area (Å²) in [6, 6.07) is 4.51. The Morgan fingerprint density at radius 3 is 2.62 bits per heavy atom. The lowest BCUT2D eigenvalue weighted by Crippen LogP contribution is -2.30. The molecule has 0 saturated heterocycles. The molecular weight excluding hydrogens is 207 g/mol. The fraction of sp³-hybridized carbons (Fsp3) is 0.538. The van der Waals surface area contributed by atoms with Gasteiger partial charge in [-0.2, -0.15) is 0 Å². The third-order valence-corrected chi connectivity index (χ3v) is 3.23. The summed E-state index contributed by atoms with van der Waals surface area (Å²) in [5.74, 6) is -0.00534. The number of rotatable bonds is 4. The van der Waals surface area contributed by atoms with Gasteiger partial charge in [-0.05, 0) is 48.9 Å². The van der Waals surface area contributed by atoms with Crippen LogP contribution in [0, 0.1) is 18.7 Å². The largest absolute Gasteiger partial charge is 0.390 e. The Balaban J connectivity index is 2.02. The van der Waals surface area contributed by atoms with Crippen LogP contribution >= 0.6 is 0 Å². The van der Waals surface area contributed by atoms with E-state index >= 15 is 0 Å². The van der Waals surface area contributed by atoms with Crippen LogP contribution in [0.2, 0.25) is 0 Å². The van der Waals surface area contributed by atoms with Gasteiger partial charge in [0, 0.05) is 6.42 Å². The highest BCUT2D eigenvalue weighted by Gasteiger charge is 2.34. The molecule has 0 spiro atoms. The van der Waals surface area contributed by atoms with E-state index in [2.05, 4.69) is 0 Å². The van der Waals surface area contributed by atoms with Gasteiger partial charge >= 0.3 is 0 Å². The highest BCUT2D eigenvalue weighted by atomic mass is 19.1. The molecule has 0 heterocycles. The molecule has 1 fully saturated rings. The second kappa shape index (κ2) is 4.52. The van der Waals surface area contributed by atoms with Crippen LogP contribution in [-0.2, 0) is 6.42 Å². The highest BCUT2D eigenvalue weighted by molar-refractivity contribution is 5.27. The summed E-state index contributed by atoms with van der Waals surface area (Å²) in [4.78, 5) is 0. The Morgan fingerprint density at radius 1 is 1.38 bits per heavy atom. The molecule has 2 unspecified atom stereocenters. The van der Waals surface area contributed by atoms with Crippen LogP contribution in [0.1, 0.15) is 24.0 Å². The van der Waals surface area contributed by atoms with Crippen LogP contribution in [0.5, 0.6) is 0 Å². The Hall–Kier alpha value is -0.930. The number of aryl methyl sites for hydroxylation is 1. The maximum atomic E-state index is 12.9. The number of halogens is 1. The van der Waals surface area contributed by atoms with Crippen molar-refractivity contribution in [1.29, 1.82) is 0 Å². The van der Waals surface area contributed by atoms with E-state index < -0.39 is 12.2 Å². The van der Waals surface area contributed by atoms with Crippen molar-refractivity contribution < 1.29 is 14.6 Å². The standard InChI is InChI=1S/C13H17FO2/c1-8-6-11(14)5-4-10(8)7-12(15)13(16)9-2-3-9/h4-6,9,12-13,15-16H,2-3,7H2,1H3. The summed E-state index contributed by atoms with van der Waals surface area (Å²) in [7, 11) is 0. The van der Waals surface area contributed by atoms with Crippen LogP contribution in [0.3, 0.4) is 0 Å². The Labute approximate surface area is 94.7 Å². The fourth-order valence-electron chi connectivity index (χ4n) is 1.99. The van der Waals surface area contributed by atoms with Crippen molar-refractivity contribution in [2.24, 2.45) is 5.92 Å². The monoisotopic (exact) mass is 224 g/mol. The molecule has 1 aromatic rings. The van der Waals surface area contributed by atoms with Crippen molar-refractivity contribution in [3.05, 3.63) is 35.1 Å². The number of benzene rings is 1. The van der Waals surface area contributed by atoms with Crippen molar-refractivity contribution >= 4 is 0 Å².